The van der Waals surface area contributed by atoms with Crippen LogP contribution >= 0.6 is 0 Å². The van der Waals surface area contributed by atoms with Gasteiger partial charge in [0, 0.05) is 28.3 Å². The number of aliphatic hydroxyl groups is 1. The van der Waals surface area contributed by atoms with Crippen LogP contribution in [0.2, 0.25) is 0 Å². The number of hydrogen-bond donors (Lipinski definition) is 3. The number of fused-ring (bicyclic) bond motifs is 2. The summed E-state index contributed by atoms with van der Waals surface area (Å²) in [4.78, 5) is 30.6. The highest BCUT2D eigenvalue weighted by Crippen LogP contribution is 2.50. The number of nitrogens with two attached hydrogens (primary N) is 1. The maximum absolute atomic E-state index is 15.1. The lowest BCUT2D eigenvalue weighted by atomic mass is 9.81. The molecule has 2 aromatic heterocycles. The zero-order chi connectivity index (χ0) is 31.8. The average Bonchev–Trinajstić information content (AvgIpc) is 3.97. The van der Waals surface area contributed by atoms with Crippen LogP contribution in [0.5, 0.6) is 11.5 Å². The first-order chi connectivity index (χ1) is 21.4. The molecule has 4 N–H and O–H groups in total. The Morgan fingerprint density at radius 3 is 2.60 bits per heavy atom. The van der Waals surface area contributed by atoms with Gasteiger partial charge in [0.1, 0.15) is 40.3 Å². The van der Waals surface area contributed by atoms with Gasteiger partial charge in [-0.25, -0.2) is 18.2 Å². The number of amides is 2. The molecule has 3 aliphatic rings. The van der Waals surface area contributed by atoms with Gasteiger partial charge in [-0.1, -0.05) is 0 Å². The molecule has 1 unspecified atom stereocenters. The standard InChI is InChI=1S/C32H30F3N5O5/c1-31(30(36)42)14-45-28-20(31)11-23(38-27(28)19-7-8-21(33)25(35)24(19)34)32(43,17-3-4-17)13-37-29(41)15-9-16-12-40(18-5-6-18)39-26(16)22(10-15)44-2/h7-12,17-18,43H,3-6,13-14H2,1-2H3,(H2,36,42)(H,37,41)/t31-,32?/m0/s1. The van der Waals surface area contributed by atoms with E-state index in [1.807, 2.05) is 10.9 Å². The molecule has 234 valence electrons. The van der Waals surface area contributed by atoms with Gasteiger partial charge in [0.25, 0.3) is 5.91 Å². The van der Waals surface area contributed by atoms with E-state index >= 15 is 4.39 Å². The zero-order valence-electron chi connectivity index (χ0n) is 24.5. The molecule has 13 heteroatoms. The van der Waals surface area contributed by atoms with Crippen LogP contribution in [-0.2, 0) is 15.8 Å². The fourth-order valence-electron chi connectivity index (χ4n) is 5.96. The minimum atomic E-state index is -1.78. The normalized spacial score (nSPS) is 20.4. The van der Waals surface area contributed by atoms with E-state index in [1.165, 1.54) is 20.1 Å². The van der Waals surface area contributed by atoms with Crippen molar-refractivity contribution in [3.05, 3.63) is 70.8 Å². The Hall–Kier alpha value is -4.65. The monoisotopic (exact) mass is 621 g/mol. The molecule has 0 radical (unpaired) electrons. The molecule has 7 rings (SSSR count). The minimum absolute atomic E-state index is 0.0000920. The number of carbonyl (C=O) groups is 2. The van der Waals surface area contributed by atoms with Gasteiger partial charge in [-0.3, -0.25) is 14.3 Å². The first-order valence-corrected chi connectivity index (χ1v) is 14.6. The highest BCUT2D eigenvalue weighted by atomic mass is 19.2. The molecule has 2 saturated carbocycles. The lowest BCUT2D eigenvalue weighted by Gasteiger charge is -2.30. The lowest BCUT2D eigenvalue weighted by molar-refractivity contribution is -0.123. The molecule has 0 bridgehead atoms. The topological polar surface area (TPSA) is 142 Å². The zero-order valence-corrected chi connectivity index (χ0v) is 24.5. The molecule has 45 heavy (non-hydrogen) atoms. The number of pyridine rings is 1. The second-order valence-corrected chi connectivity index (χ2v) is 12.3. The molecular weight excluding hydrogens is 591 g/mol. The first-order valence-electron chi connectivity index (χ1n) is 14.6. The van der Waals surface area contributed by atoms with Crippen molar-refractivity contribution in [2.75, 3.05) is 20.3 Å². The van der Waals surface area contributed by atoms with Gasteiger partial charge in [0.15, 0.2) is 17.5 Å². The summed E-state index contributed by atoms with van der Waals surface area (Å²) in [6.07, 6.45) is 5.15. The van der Waals surface area contributed by atoms with Crippen LogP contribution in [0.25, 0.3) is 22.2 Å². The number of nitrogens with zero attached hydrogens (tertiary/aromatic N) is 3. The van der Waals surface area contributed by atoms with Gasteiger partial charge in [0.2, 0.25) is 5.91 Å². The Balaban J connectivity index is 1.27. The fraction of sp³-hybridized carbons (Fsp3) is 0.375. The third-order valence-electron chi connectivity index (χ3n) is 9.12. The number of rotatable bonds is 9. The van der Waals surface area contributed by atoms with E-state index in [0.717, 1.165) is 30.4 Å². The molecule has 10 nitrogen and oxygen atoms in total. The summed E-state index contributed by atoms with van der Waals surface area (Å²) in [5.41, 5.74) is 3.05. The number of halogens is 3. The number of aromatic nitrogens is 3. The van der Waals surface area contributed by atoms with Crippen molar-refractivity contribution in [3.8, 4) is 22.8 Å². The Bertz CT molecular complexity index is 1910. The van der Waals surface area contributed by atoms with Crippen LogP contribution in [0.4, 0.5) is 13.2 Å². The molecule has 2 aromatic carbocycles. The van der Waals surface area contributed by atoms with Crippen LogP contribution in [0.1, 0.15) is 60.3 Å². The molecule has 2 atom stereocenters. The van der Waals surface area contributed by atoms with E-state index in [-0.39, 0.29) is 47.3 Å². The van der Waals surface area contributed by atoms with Gasteiger partial charge < -0.3 is 25.6 Å². The van der Waals surface area contributed by atoms with E-state index in [4.69, 9.17) is 15.2 Å². The summed E-state index contributed by atoms with van der Waals surface area (Å²) in [5.74, 6) is -5.78. The Morgan fingerprint density at radius 1 is 1.18 bits per heavy atom. The third kappa shape index (κ3) is 4.68. The van der Waals surface area contributed by atoms with Crippen molar-refractivity contribution < 1.29 is 37.3 Å². The van der Waals surface area contributed by atoms with E-state index in [0.29, 0.717) is 30.1 Å². The number of carbonyl (C=O) groups excluding carboxylic acids is 2. The number of primary amides is 1. The molecule has 2 aliphatic carbocycles. The number of nitrogens with one attached hydrogen (secondary N) is 1. The summed E-state index contributed by atoms with van der Waals surface area (Å²) in [7, 11) is 1.49. The van der Waals surface area contributed by atoms with E-state index in [9.17, 15) is 23.5 Å². The van der Waals surface area contributed by atoms with E-state index < -0.39 is 45.8 Å². The van der Waals surface area contributed by atoms with E-state index in [1.54, 1.807) is 12.1 Å². The summed E-state index contributed by atoms with van der Waals surface area (Å²) >= 11 is 0. The molecule has 3 heterocycles. The van der Waals surface area contributed by atoms with E-state index in [2.05, 4.69) is 15.4 Å². The highest BCUT2D eigenvalue weighted by molar-refractivity contribution is 6.00. The van der Waals surface area contributed by atoms with Gasteiger partial charge in [-0.05, 0) is 68.9 Å². The molecule has 0 spiro atoms. The van der Waals surface area contributed by atoms with Crippen molar-refractivity contribution in [2.24, 2.45) is 11.7 Å². The Labute approximate surface area is 255 Å². The lowest BCUT2D eigenvalue weighted by Crippen LogP contribution is -2.44. The van der Waals surface area contributed by atoms with Crippen molar-refractivity contribution >= 4 is 22.7 Å². The van der Waals surface area contributed by atoms with Crippen molar-refractivity contribution in [1.29, 1.82) is 0 Å². The molecule has 2 amide bonds. The summed E-state index contributed by atoms with van der Waals surface area (Å²) in [6, 6.07) is 6.83. The van der Waals surface area contributed by atoms with Crippen LogP contribution in [-0.4, -0.2) is 51.9 Å². The SMILES string of the molecule is COc1cc(C(=O)NCC(O)(c2cc3c(c(-c4ccc(F)c(F)c4F)n2)OC[C@]3(C)C(N)=O)C2CC2)cc2cn(C3CC3)nc12. The maximum atomic E-state index is 15.1. The van der Waals surface area contributed by atoms with Crippen molar-refractivity contribution in [3.63, 3.8) is 0 Å². The van der Waals surface area contributed by atoms with Crippen LogP contribution in [0, 0.1) is 23.4 Å². The van der Waals surface area contributed by atoms with Crippen LogP contribution < -0.4 is 20.5 Å². The fourth-order valence-corrected chi connectivity index (χ4v) is 5.96. The highest BCUT2D eigenvalue weighted by Gasteiger charge is 2.50. The molecular formula is C32H30F3N5O5. The molecule has 1 aliphatic heterocycles. The largest absolute Gasteiger partial charge is 0.494 e. The smallest absolute Gasteiger partial charge is 0.251 e. The summed E-state index contributed by atoms with van der Waals surface area (Å²) in [6.45, 7) is 1.03. The number of hydrogen-bond acceptors (Lipinski definition) is 7. The number of methoxy groups -OCH3 is 1. The van der Waals surface area contributed by atoms with Crippen LogP contribution in [0.3, 0.4) is 0 Å². The van der Waals surface area contributed by atoms with Gasteiger partial charge in [-0.2, -0.15) is 5.10 Å². The van der Waals surface area contributed by atoms with Crippen LogP contribution in [0.15, 0.2) is 36.5 Å². The second kappa shape index (κ2) is 10.2. The number of benzene rings is 2. The quantitative estimate of drug-likeness (QED) is 0.240. The van der Waals surface area contributed by atoms with Gasteiger partial charge in [0.05, 0.1) is 25.4 Å². The maximum Gasteiger partial charge on any atom is 0.251 e. The molecule has 4 aromatic rings. The third-order valence-corrected chi connectivity index (χ3v) is 9.12. The minimum Gasteiger partial charge on any atom is -0.494 e. The average molecular weight is 622 g/mol. The van der Waals surface area contributed by atoms with Crippen molar-refractivity contribution in [1.82, 2.24) is 20.1 Å². The molecule has 0 saturated heterocycles. The predicted molar refractivity (Wildman–Crippen MR) is 155 cm³/mol. The summed E-state index contributed by atoms with van der Waals surface area (Å²) in [5, 5.41) is 20.3. The number of ether oxygens (including phenoxy) is 2. The second-order valence-electron chi connectivity index (χ2n) is 12.3. The Kier molecular flexibility index (Phi) is 6.59. The summed E-state index contributed by atoms with van der Waals surface area (Å²) < 4.78 is 56.4. The van der Waals surface area contributed by atoms with Gasteiger partial charge in [-0.15, -0.1) is 0 Å². The first kappa shape index (κ1) is 29.1. The Morgan fingerprint density at radius 2 is 1.93 bits per heavy atom. The van der Waals surface area contributed by atoms with Crippen molar-refractivity contribution in [2.45, 2.75) is 49.7 Å². The predicted octanol–water partition coefficient (Wildman–Crippen LogP) is 4.02. The molecule has 2 fully saturated rings. The van der Waals surface area contributed by atoms with Gasteiger partial charge >= 0.3 is 0 Å².